The minimum Gasteiger partial charge on any atom is -0.439 e. The molecule has 0 saturated carbocycles. The van der Waals surface area contributed by atoms with Gasteiger partial charge in [-0.05, 0) is 57.4 Å². The van der Waals surface area contributed by atoms with Crippen molar-refractivity contribution < 1.29 is 13.9 Å². The van der Waals surface area contributed by atoms with Crippen molar-refractivity contribution in [1.82, 2.24) is 24.1 Å². The summed E-state index contributed by atoms with van der Waals surface area (Å²) in [4.78, 5) is 21.4. The molecule has 0 aliphatic rings. The summed E-state index contributed by atoms with van der Waals surface area (Å²) >= 11 is 1.32. The van der Waals surface area contributed by atoms with Crippen molar-refractivity contribution in [3.8, 4) is 22.2 Å². The number of ether oxygens (including phenoxy) is 1. The van der Waals surface area contributed by atoms with E-state index in [1.807, 2.05) is 33.8 Å². The molecule has 0 aliphatic carbocycles. The van der Waals surface area contributed by atoms with Crippen LogP contribution in [-0.4, -0.2) is 30.2 Å². The first-order valence-corrected chi connectivity index (χ1v) is 10.8. The first-order chi connectivity index (χ1) is 15.7. The van der Waals surface area contributed by atoms with Crippen molar-refractivity contribution in [1.29, 1.82) is 0 Å². The third-order valence-corrected chi connectivity index (χ3v) is 5.36. The van der Waals surface area contributed by atoms with Crippen molar-refractivity contribution >= 4 is 28.9 Å². The Morgan fingerprint density at radius 2 is 1.97 bits per heavy atom. The van der Waals surface area contributed by atoms with E-state index < -0.39 is 11.8 Å². The molecular weight excluding hydrogens is 445 g/mol. The van der Waals surface area contributed by atoms with Gasteiger partial charge in [-0.2, -0.15) is 9.47 Å². The van der Waals surface area contributed by atoms with Crippen LogP contribution in [0.1, 0.15) is 26.5 Å². The molecule has 2 N–H and O–H groups in total. The van der Waals surface area contributed by atoms with Crippen molar-refractivity contribution in [3.05, 3.63) is 60.6 Å². The van der Waals surface area contributed by atoms with Crippen LogP contribution in [0.4, 0.5) is 20.6 Å². The Labute approximate surface area is 193 Å². The van der Waals surface area contributed by atoms with E-state index in [-0.39, 0.29) is 22.9 Å². The molecule has 11 heteroatoms. The van der Waals surface area contributed by atoms with Gasteiger partial charge in [0, 0.05) is 18.3 Å². The fraction of sp³-hybridized carbons (Fsp3) is 0.227. The maximum absolute atomic E-state index is 14.6. The molecule has 33 heavy (non-hydrogen) atoms. The molecule has 0 radical (unpaired) electrons. The third-order valence-electron chi connectivity index (χ3n) is 4.46. The number of benzene rings is 1. The Balaban J connectivity index is 1.41. The second-order valence-corrected chi connectivity index (χ2v) is 9.05. The predicted molar refractivity (Wildman–Crippen MR) is 124 cm³/mol. The highest BCUT2D eigenvalue weighted by Crippen LogP contribution is 2.28. The van der Waals surface area contributed by atoms with Gasteiger partial charge in [0.05, 0.1) is 39.4 Å². The first kappa shape index (κ1) is 22.3. The van der Waals surface area contributed by atoms with Gasteiger partial charge in [0.1, 0.15) is 17.9 Å². The Morgan fingerprint density at radius 1 is 1.15 bits per heavy atom. The lowest BCUT2D eigenvalue weighted by Crippen LogP contribution is -2.22. The van der Waals surface area contributed by atoms with E-state index in [0.717, 1.165) is 10.6 Å². The van der Waals surface area contributed by atoms with E-state index in [2.05, 4.69) is 30.1 Å². The van der Waals surface area contributed by atoms with Crippen LogP contribution >= 0.6 is 11.5 Å². The molecule has 1 aromatic carbocycles. The molecule has 3 heterocycles. The lowest BCUT2D eigenvalue weighted by atomic mass is 10.1. The van der Waals surface area contributed by atoms with E-state index in [1.54, 1.807) is 16.9 Å². The summed E-state index contributed by atoms with van der Waals surface area (Å²) in [6.07, 6.45) is 4.61. The molecule has 0 aliphatic heterocycles. The molecule has 3 aromatic heterocycles. The molecule has 4 rings (SSSR count). The van der Waals surface area contributed by atoms with E-state index in [1.165, 1.54) is 42.3 Å². The van der Waals surface area contributed by atoms with Gasteiger partial charge >= 0.3 is 6.03 Å². The summed E-state index contributed by atoms with van der Waals surface area (Å²) < 4.78 is 26.2. The molecular formula is C22H22FN7O2S. The number of anilines is 2. The van der Waals surface area contributed by atoms with E-state index in [9.17, 15) is 9.18 Å². The second-order valence-electron chi connectivity index (χ2n) is 8.24. The minimum absolute atomic E-state index is 0.00609. The zero-order valence-corrected chi connectivity index (χ0v) is 19.3. The van der Waals surface area contributed by atoms with E-state index in [4.69, 9.17) is 4.74 Å². The number of aryl methyl sites for hydroxylation is 1. The zero-order valence-electron chi connectivity index (χ0n) is 18.5. The van der Waals surface area contributed by atoms with Crippen LogP contribution in [0.25, 0.3) is 10.6 Å². The predicted octanol–water partition coefficient (Wildman–Crippen LogP) is 5.44. The molecule has 0 spiro atoms. The largest absolute Gasteiger partial charge is 0.439 e. The van der Waals surface area contributed by atoms with Crippen LogP contribution in [0.2, 0.25) is 0 Å². The standard InChI is InChI=1S/C22H22FN7O2S/c1-13-7-19(33-29-13)18-9-20(25-12-24-18)32-15-5-6-17(16(23)8-15)28-21(31)27-14-10-26-30(11-14)22(2,3)4/h5-12H,1-4H3,(H2,27,28,31). The molecule has 0 unspecified atom stereocenters. The smallest absolute Gasteiger partial charge is 0.323 e. The number of urea groups is 1. The van der Waals surface area contributed by atoms with Crippen LogP contribution in [0.3, 0.4) is 0 Å². The lowest BCUT2D eigenvalue weighted by Gasteiger charge is -2.18. The fourth-order valence-electron chi connectivity index (χ4n) is 2.83. The SMILES string of the molecule is Cc1cc(-c2cc(Oc3ccc(NC(=O)Nc4cnn(C(C)(C)C)c4)c(F)c3)ncn2)sn1. The highest BCUT2D eigenvalue weighted by Gasteiger charge is 2.15. The monoisotopic (exact) mass is 467 g/mol. The maximum Gasteiger partial charge on any atom is 0.323 e. The summed E-state index contributed by atoms with van der Waals surface area (Å²) in [6, 6.07) is 7.10. The number of hydrogen-bond donors (Lipinski definition) is 2. The van der Waals surface area contributed by atoms with Gasteiger partial charge in [-0.15, -0.1) is 0 Å². The molecule has 0 saturated heterocycles. The van der Waals surface area contributed by atoms with Gasteiger partial charge in [0.2, 0.25) is 5.88 Å². The number of halogens is 1. The van der Waals surface area contributed by atoms with Crippen LogP contribution in [0.5, 0.6) is 11.6 Å². The van der Waals surface area contributed by atoms with E-state index >= 15 is 0 Å². The number of aromatic nitrogens is 5. The first-order valence-electron chi connectivity index (χ1n) is 10.0. The lowest BCUT2D eigenvalue weighted by molar-refractivity contribution is 0.262. The number of carbonyl (C=O) groups excluding carboxylic acids is 1. The normalized spacial score (nSPS) is 11.3. The van der Waals surface area contributed by atoms with Gasteiger partial charge in [0.15, 0.2) is 0 Å². The van der Waals surface area contributed by atoms with Gasteiger partial charge in [-0.3, -0.25) is 4.68 Å². The van der Waals surface area contributed by atoms with E-state index in [0.29, 0.717) is 11.4 Å². The molecule has 2 amide bonds. The number of nitrogens with zero attached hydrogens (tertiary/aromatic N) is 5. The summed E-state index contributed by atoms with van der Waals surface area (Å²) in [7, 11) is 0. The molecule has 4 aromatic rings. The van der Waals surface area contributed by atoms with Crippen molar-refractivity contribution in [3.63, 3.8) is 0 Å². The highest BCUT2D eigenvalue weighted by atomic mass is 32.1. The molecule has 0 atom stereocenters. The van der Waals surface area contributed by atoms with Crippen molar-refractivity contribution in [2.24, 2.45) is 0 Å². The number of rotatable bonds is 5. The van der Waals surface area contributed by atoms with Crippen LogP contribution < -0.4 is 15.4 Å². The van der Waals surface area contributed by atoms with Crippen molar-refractivity contribution in [2.75, 3.05) is 10.6 Å². The number of nitrogens with one attached hydrogen (secondary N) is 2. The quantitative estimate of drug-likeness (QED) is 0.405. The Bertz CT molecular complexity index is 1300. The van der Waals surface area contributed by atoms with Gasteiger partial charge in [-0.1, -0.05) is 0 Å². The second kappa shape index (κ2) is 8.94. The van der Waals surface area contributed by atoms with Crippen LogP contribution in [-0.2, 0) is 5.54 Å². The number of amides is 2. The van der Waals surface area contributed by atoms with Crippen LogP contribution in [0.15, 0.2) is 49.1 Å². The van der Waals surface area contributed by atoms with Gasteiger partial charge in [-0.25, -0.2) is 19.2 Å². The number of carbonyl (C=O) groups is 1. The Kier molecular flexibility index (Phi) is 6.05. The average molecular weight is 468 g/mol. The molecule has 0 bridgehead atoms. The van der Waals surface area contributed by atoms with Crippen LogP contribution in [0, 0.1) is 12.7 Å². The zero-order chi connectivity index (χ0) is 23.6. The summed E-state index contributed by atoms with van der Waals surface area (Å²) in [5, 5.41) is 9.33. The maximum atomic E-state index is 14.6. The highest BCUT2D eigenvalue weighted by molar-refractivity contribution is 7.09. The summed E-state index contributed by atoms with van der Waals surface area (Å²) in [5.74, 6) is -0.157. The molecule has 170 valence electrons. The summed E-state index contributed by atoms with van der Waals surface area (Å²) in [5.41, 5.74) is 1.84. The molecule has 0 fully saturated rings. The Hall–Kier alpha value is -3.86. The molecule has 9 nitrogen and oxygen atoms in total. The average Bonchev–Trinajstić information content (AvgIpc) is 3.39. The Morgan fingerprint density at radius 3 is 2.64 bits per heavy atom. The minimum atomic E-state index is -0.652. The van der Waals surface area contributed by atoms with Crippen molar-refractivity contribution in [2.45, 2.75) is 33.2 Å². The van der Waals surface area contributed by atoms with Gasteiger partial charge in [0.25, 0.3) is 0 Å². The topological polar surface area (TPSA) is 107 Å². The number of hydrogen-bond acceptors (Lipinski definition) is 7. The third kappa shape index (κ3) is 5.50. The fourth-order valence-corrected chi connectivity index (χ4v) is 3.56. The van der Waals surface area contributed by atoms with Gasteiger partial charge < -0.3 is 15.4 Å². The summed E-state index contributed by atoms with van der Waals surface area (Å²) in [6.45, 7) is 7.87.